The molecule has 2 N–H and O–H groups in total. The first-order chi connectivity index (χ1) is 15.2. The zero-order chi connectivity index (χ0) is 21.5. The maximum atomic E-state index is 11.8. The van der Waals surface area contributed by atoms with E-state index < -0.39 is 0 Å². The SMILES string of the molecule is CCNC(=NCc1cccc(OCC(=O)NC2CC2)c1)N1CCC(c2ccccc2)C1. The summed E-state index contributed by atoms with van der Waals surface area (Å²) >= 11 is 0. The summed E-state index contributed by atoms with van der Waals surface area (Å²) in [4.78, 5) is 19.1. The van der Waals surface area contributed by atoms with Crippen LogP contribution in [0.15, 0.2) is 59.6 Å². The van der Waals surface area contributed by atoms with Crippen molar-refractivity contribution in [1.29, 1.82) is 0 Å². The van der Waals surface area contributed by atoms with Crippen LogP contribution in [0.5, 0.6) is 5.75 Å². The first-order valence-electron chi connectivity index (χ1n) is 11.3. The third-order valence-corrected chi connectivity index (χ3v) is 5.72. The van der Waals surface area contributed by atoms with Gasteiger partial charge in [-0.15, -0.1) is 0 Å². The summed E-state index contributed by atoms with van der Waals surface area (Å²) < 4.78 is 5.67. The number of nitrogens with one attached hydrogen (secondary N) is 2. The van der Waals surface area contributed by atoms with E-state index in [0.717, 1.165) is 50.4 Å². The second-order valence-electron chi connectivity index (χ2n) is 8.29. The normalized spacial score (nSPS) is 18.7. The molecule has 6 heteroatoms. The first kappa shape index (κ1) is 21.2. The van der Waals surface area contributed by atoms with E-state index in [1.54, 1.807) is 0 Å². The summed E-state index contributed by atoms with van der Waals surface area (Å²) in [5, 5.41) is 6.38. The fraction of sp³-hybridized carbons (Fsp3) is 0.440. The standard InChI is InChI=1S/C25H32N4O2/c1-2-26-25(29-14-13-21(17-29)20-8-4-3-5-9-20)27-16-19-7-6-10-23(15-19)31-18-24(30)28-22-11-12-22/h3-10,15,21-22H,2,11-14,16-18H2,1H3,(H,26,27)(H,28,30). The van der Waals surface area contributed by atoms with Crippen LogP contribution in [0.2, 0.25) is 0 Å². The largest absolute Gasteiger partial charge is 0.484 e. The Bertz CT molecular complexity index is 895. The summed E-state index contributed by atoms with van der Waals surface area (Å²) in [6.45, 7) is 5.55. The smallest absolute Gasteiger partial charge is 0.258 e. The maximum absolute atomic E-state index is 11.8. The Morgan fingerprint density at radius 2 is 1.97 bits per heavy atom. The summed E-state index contributed by atoms with van der Waals surface area (Å²) in [6, 6.07) is 18.9. The molecule has 0 bridgehead atoms. The highest BCUT2D eigenvalue weighted by atomic mass is 16.5. The molecule has 2 aromatic rings. The molecule has 2 aliphatic rings. The van der Waals surface area contributed by atoms with Crippen LogP contribution in [0.25, 0.3) is 0 Å². The number of guanidine groups is 1. The minimum atomic E-state index is -0.0534. The van der Waals surface area contributed by atoms with E-state index in [1.807, 2.05) is 24.3 Å². The van der Waals surface area contributed by atoms with E-state index in [-0.39, 0.29) is 12.5 Å². The van der Waals surface area contributed by atoms with Crippen LogP contribution in [-0.4, -0.2) is 49.0 Å². The number of nitrogens with zero attached hydrogens (tertiary/aromatic N) is 2. The molecule has 1 saturated carbocycles. The van der Waals surface area contributed by atoms with Gasteiger partial charge in [-0.1, -0.05) is 42.5 Å². The summed E-state index contributed by atoms with van der Waals surface area (Å²) in [5.74, 6) is 2.15. The van der Waals surface area contributed by atoms with E-state index in [1.165, 1.54) is 5.56 Å². The van der Waals surface area contributed by atoms with E-state index in [2.05, 4.69) is 52.8 Å². The van der Waals surface area contributed by atoms with Gasteiger partial charge in [0.05, 0.1) is 6.54 Å². The predicted octanol–water partition coefficient (Wildman–Crippen LogP) is 3.30. The van der Waals surface area contributed by atoms with Crippen molar-refractivity contribution < 1.29 is 9.53 Å². The van der Waals surface area contributed by atoms with Crippen molar-refractivity contribution in [2.45, 2.75) is 44.7 Å². The number of rotatable bonds is 8. The van der Waals surface area contributed by atoms with Crippen LogP contribution < -0.4 is 15.4 Å². The Hall–Kier alpha value is -3.02. The molecule has 6 nitrogen and oxygen atoms in total. The number of amides is 1. The molecule has 1 saturated heterocycles. The lowest BCUT2D eigenvalue weighted by Gasteiger charge is -2.22. The van der Waals surface area contributed by atoms with Gasteiger partial charge in [-0.2, -0.15) is 0 Å². The fourth-order valence-corrected chi connectivity index (χ4v) is 3.92. The third-order valence-electron chi connectivity index (χ3n) is 5.72. The molecular formula is C25H32N4O2. The van der Waals surface area contributed by atoms with Crippen LogP contribution in [0.3, 0.4) is 0 Å². The van der Waals surface area contributed by atoms with E-state index >= 15 is 0 Å². The van der Waals surface area contributed by atoms with E-state index in [0.29, 0.717) is 24.3 Å². The fourth-order valence-electron chi connectivity index (χ4n) is 3.92. The molecule has 164 valence electrons. The van der Waals surface area contributed by atoms with Crippen LogP contribution in [0.1, 0.15) is 43.2 Å². The molecule has 0 radical (unpaired) electrons. The molecule has 0 spiro atoms. The van der Waals surface area contributed by atoms with Crippen molar-refractivity contribution in [2.24, 2.45) is 4.99 Å². The van der Waals surface area contributed by atoms with Gasteiger partial charge in [0.25, 0.3) is 5.91 Å². The van der Waals surface area contributed by atoms with Crippen molar-refractivity contribution in [2.75, 3.05) is 26.2 Å². The van der Waals surface area contributed by atoms with Gasteiger partial charge < -0.3 is 20.3 Å². The van der Waals surface area contributed by atoms with Gasteiger partial charge in [0, 0.05) is 31.6 Å². The number of aliphatic imine (C=N–C) groups is 1. The number of likely N-dealkylation sites (tertiary alicyclic amines) is 1. The Morgan fingerprint density at radius 1 is 1.13 bits per heavy atom. The van der Waals surface area contributed by atoms with Gasteiger partial charge in [0.2, 0.25) is 0 Å². The highest BCUT2D eigenvalue weighted by Gasteiger charge is 2.26. The molecule has 31 heavy (non-hydrogen) atoms. The van der Waals surface area contributed by atoms with Gasteiger partial charge in [-0.05, 0) is 49.4 Å². The maximum Gasteiger partial charge on any atom is 0.258 e. The Kier molecular flexibility index (Phi) is 7.07. The third kappa shape index (κ3) is 6.23. The monoisotopic (exact) mass is 420 g/mol. The van der Waals surface area contributed by atoms with Crippen molar-refractivity contribution >= 4 is 11.9 Å². The molecule has 2 aromatic carbocycles. The quantitative estimate of drug-likeness (QED) is 0.508. The molecular weight excluding hydrogens is 388 g/mol. The molecule has 4 rings (SSSR count). The number of hydrogen-bond acceptors (Lipinski definition) is 3. The minimum Gasteiger partial charge on any atom is -0.484 e. The Morgan fingerprint density at radius 3 is 2.74 bits per heavy atom. The zero-order valence-electron chi connectivity index (χ0n) is 18.2. The molecule has 1 aliphatic heterocycles. The van der Waals surface area contributed by atoms with Crippen LogP contribution in [0.4, 0.5) is 0 Å². The average molecular weight is 421 g/mol. The van der Waals surface area contributed by atoms with Crippen LogP contribution in [0, 0.1) is 0 Å². The Balaban J connectivity index is 1.34. The highest BCUT2D eigenvalue weighted by molar-refractivity contribution is 5.80. The zero-order valence-corrected chi connectivity index (χ0v) is 18.2. The first-order valence-corrected chi connectivity index (χ1v) is 11.3. The highest BCUT2D eigenvalue weighted by Crippen LogP contribution is 2.27. The lowest BCUT2D eigenvalue weighted by Crippen LogP contribution is -2.40. The molecule has 1 atom stereocenters. The number of ether oxygens (including phenoxy) is 1. The topological polar surface area (TPSA) is 66.0 Å². The van der Waals surface area contributed by atoms with E-state index in [4.69, 9.17) is 9.73 Å². The molecule has 0 aromatic heterocycles. The number of hydrogen-bond donors (Lipinski definition) is 2. The van der Waals surface area contributed by atoms with Crippen molar-refractivity contribution in [3.05, 3.63) is 65.7 Å². The minimum absolute atomic E-state index is 0.0534. The van der Waals surface area contributed by atoms with Crippen LogP contribution in [-0.2, 0) is 11.3 Å². The second-order valence-corrected chi connectivity index (χ2v) is 8.29. The molecule has 1 unspecified atom stereocenters. The number of carbonyl (C=O) groups excluding carboxylic acids is 1. The van der Waals surface area contributed by atoms with Crippen molar-refractivity contribution in [3.8, 4) is 5.75 Å². The van der Waals surface area contributed by atoms with Gasteiger partial charge in [0.1, 0.15) is 5.75 Å². The van der Waals surface area contributed by atoms with Crippen molar-refractivity contribution in [3.63, 3.8) is 0 Å². The molecule has 1 heterocycles. The molecule has 1 amide bonds. The summed E-state index contributed by atoms with van der Waals surface area (Å²) in [7, 11) is 0. The van der Waals surface area contributed by atoms with Gasteiger partial charge in [-0.25, -0.2) is 4.99 Å². The molecule has 2 fully saturated rings. The van der Waals surface area contributed by atoms with E-state index in [9.17, 15) is 4.79 Å². The number of carbonyl (C=O) groups is 1. The van der Waals surface area contributed by atoms with Gasteiger partial charge in [-0.3, -0.25) is 4.79 Å². The number of benzene rings is 2. The Labute approximate surface area is 184 Å². The van der Waals surface area contributed by atoms with Gasteiger partial charge >= 0.3 is 0 Å². The average Bonchev–Trinajstić information content (AvgIpc) is 3.47. The van der Waals surface area contributed by atoms with Crippen LogP contribution >= 0.6 is 0 Å². The lowest BCUT2D eigenvalue weighted by atomic mass is 9.99. The predicted molar refractivity (Wildman–Crippen MR) is 123 cm³/mol. The molecule has 1 aliphatic carbocycles. The van der Waals surface area contributed by atoms with Crippen molar-refractivity contribution in [1.82, 2.24) is 15.5 Å². The summed E-state index contributed by atoms with van der Waals surface area (Å²) in [6.07, 6.45) is 3.30. The van der Waals surface area contributed by atoms with Gasteiger partial charge in [0.15, 0.2) is 12.6 Å². The second kappa shape index (κ2) is 10.3. The summed E-state index contributed by atoms with van der Waals surface area (Å²) in [5.41, 5.74) is 2.46. The lowest BCUT2D eigenvalue weighted by molar-refractivity contribution is -0.123.